The number of amides is 1. The van der Waals surface area contributed by atoms with Crippen LogP contribution in [-0.4, -0.2) is 25.4 Å². The van der Waals surface area contributed by atoms with Gasteiger partial charge in [-0.05, 0) is 18.9 Å². The monoisotopic (exact) mass is 355 g/mol. The average Bonchev–Trinajstić information content (AvgIpc) is 3.26. The molecular weight excluding hydrogens is 338 g/mol. The van der Waals surface area contributed by atoms with Gasteiger partial charge < -0.3 is 9.84 Å². The second kappa shape index (κ2) is 5.96. The van der Waals surface area contributed by atoms with E-state index < -0.39 is 0 Å². The molecule has 4 heterocycles. The molecule has 0 saturated carbocycles. The summed E-state index contributed by atoms with van der Waals surface area (Å²) < 4.78 is 7.21. The van der Waals surface area contributed by atoms with Crippen molar-refractivity contribution in [1.29, 1.82) is 0 Å². The number of thiazole rings is 1. The summed E-state index contributed by atoms with van der Waals surface area (Å²) in [6.07, 6.45) is 3.86. The highest BCUT2D eigenvalue weighted by Crippen LogP contribution is 2.25. The maximum atomic E-state index is 12.8. The number of hydrogen-bond donors (Lipinski definition) is 1. The predicted molar refractivity (Wildman–Crippen MR) is 94.9 cm³/mol. The molecule has 0 aliphatic rings. The Bertz CT molecular complexity index is 1050. The van der Waals surface area contributed by atoms with Crippen LogP contribution >= 0.6 is 11.3 Å². The topological polar surface area (TPSA) is 85.3 Å². The zero-order valence-corrected chi connectivity index (χ0v) is 14.9. The van der Waals surface area contributed by atoms with Gasteiger partial charge in [0.05, 0.1) is 28.9 Å². The standard InChI is InChI=1S/C17H17N5O2S/c1-9(2)13-6-12(14-10(3)21-24-16(14)20-13)15(23)18-7-11-8-22-4-5-25-17(22)19-11/h4-6,8-9H,7H2,1-3H3,(H,18,23). The Morgan fingerprint density at radius 2 is 2.24 bits per heavy atom. The molecule has 0 aromatic carbocycles. The van der Waals surface area contributed by atoms with Gasteiger partial charge in [0.15, 0.2) is 4.96 Å². The van der Waals surface area contributed by atoms with Gasteiger partial charge in [0.1, 0.15) is 0 Å². The fourth-order valence-electron chi connectivity index (χ4n) is 2.72. The quantitative estimate of drug-likeness (QED) is 0.607. The van der Waals surface area contributed by atoms with Crippen LogP contribution in [0.2, 0.25) is 0 Å². The van der Waals surface area contributed by atoms with E-state index in [1.807, 2.05) is 49.0 Å². The SMILES string of the molecule is Cc1noc2nc(C(C)C)cc(C(=O)NCc3cn4ccsc4n3)c12. The molecule has 7 nitrogen and oxygen atoms in total. The van der Waals surface area contributed by atoms with Gasteiger partial charge in [0.25, 0.3) is 11.6 Å². The zero-order chi connectivity index (χ0) is 17.6. The molecule has 0 atom stereocenters. The Labute approximate surface area is 147 Å². The molecule has 8 heteroatoms. The number of aryl methyl sites for hydroxylation is 1. The molecule has 0 aliphatic heterocycles. The summed E-state index contributed by atoms with van der Waals surface area (Å²) >= 11 is 1.56. The van der Waals surface area contributed by atoms with Gasteiger partial charge in [-0.3, -0.25) is 9.20 Å². The first kappa shape index (κ1) is 15.8. The van der Waals surface area contributed by atoms with Crippen molar-refractivity contribution in [2.45, 2.75) is 33.2 Å². The lowest BCUT2D eigenvalue weighted by atomic mass is 10.0. The van der Waals surface area contributed by atoms with E-state index in [2.05, 4.69) is 20.4 Å². The number of nitrogens with one attached hydrogen (secondary N) is 1. The molecule has 4 aromatic rings. The van der Waals surface area contributed by atoms with Crippen molar-refractivity contribution >= 4 is 33.3 Å². The van der Waals surface area contributed by atoms with Gasteiger partial charge in [-0.2, -0.15) is 0 Å². The molecule has 0 fully saturated rings. The summed E-state index contributed by atoms with van der Waals surface area (Å²) in [5.74, 6) is -0.00163. The van der Waals surface area contributed by atoms with Crippen molar-refractivity contribution in [2.75, 3.05) is 0 Å². The van der Waals surface area contributed by atoms with E-state index in [1.165, 1.54) is 0 Å². The third kappa shape index (κ3) is 2.78. The molecule has 0 radical (unpaired) electrons. The maximum absolute atomic E-state index is 12.8. The number of carbonyl (C=O) groups excluding carboxylic acids is 1. The lowest BCUT2D eigenvalue weighted by Crippen LogP contribution is -2.23. The van der Waals surface area contributed by atoms with Gasteiger partial charge >= 0.3 is 0 Å². The molecule has 0 saturated heterocycles. The number of nitrogens with zero attached hydrogens (tertiary/aromatic N) is 4. The normalized spacial score (nSPS) is 11.7. The minimum atomic E-state index is -0.183. The van der Waals surface area contributed by atoms with Crippen LogP contribution < -0.4 is 5.32 Å². The average molecular weight is 355 g/mol. The number of fused-ring (bicyclic) bond motifs is 2. The smallest absolute Gasteiger partial charge is 0.259 e. The first-order valence-electron chi connectivity index (χ1n) is 7.99. The molecule has 0 aliphatic carbocycles. The van der Waals surface area contributed by atoms with Crippen molar-refractivity contribution < 1.29 is 9.32 Å². The first-order valence-corrected chi connectivity index (χ1v) is 8.87. The molecule has 0 unspecified atom stereocenters. The Kier molecular flexibility index (Phi) is 3.76. The second-order valence-corrected chi connectivity index (χ2v) is 7.08. The third-order valence-corrected chi connectivity index (χ3v) is 4.82. The number of pyridine rings is 1. The number of imidazole rings is 1. The van der Waals surface area contributed by atoms with Crippen molar-refractivity contribution in [3.63, 3.8) is 0 Å². The fraction of sp³-hybridized carbons (Fsp3) is 0.294. The summed E-state index contributed by atoms with van der Waals surface area (Å²) in [5.41, 5.74) is 3.21. The summed E-state index contributed by atoms with van der Waals surface area (Å²) in [4.78, 5) is 22.6. The van der Waals surface area contributed by atoms with E-state index in [-0.39, 0.29) is 11.8 Å². The largest absolute Gasteiger partial charge is 0.346 e. The lowest BCUT2D eigenvalue weighted by Gasteiger charge is -2.09. The van der Waals surface area contributed by atoms with E-state index in [1.54, 1.807) is 11.3 Å². The third-order valence-electron chi connectivity index (χ3n) is 4.05. The van der Waals surface area contributed by atoms with Crippen LogP contribution in [0.4, 0.5) is 0 Å². The van der Waals surface area contributed by atoms with Crippen LogP contribution in [0.3, 0.4) is 0 Å². The van der Waals surface area contributed by atoms with Gasteiger partial charge in [0, 0.05) is 23.5 Å². The molecule has 0 bridgehead atoms. The van der Waals surface area contributed by atoms with Crippen molar-refractivity contribution in [3.05, 3.63) is 46.5 Å². The van der Waals surface area contributed by atoms with Gasteiger partial charge in [-0.15, -0.1) is 11.3 Å². The molecule has 4 aromatic heterocycles. The van der Waals surface area contributed by atoms with Crippen LogP contribution in [0.15, 0.2) is 28.4 Å². The van der Waals surface area contributed by atoms with E-state index >= 15 is 0 Å². The van der Waals surface area contributed by atoms with Crippen LogP contribution in [0, 0.1) is 6.92 Å². The molecule has 128 valence electrons. The van der Waals surface area contributed by atoms with E-state index in [0.29, 0.717) is 28.9 Å². The minimum Gasteiger partial charge on any atom is -0.346 e. The lowest BCUT2D eigenvalue weighted by molar-refractivity contribution is 0.0952. The highest BCUT2D eigenvalue weighted by molar-refractivity contribution is 7.15. The van der Waals surface area contributed by atoms with Crippen LogP contribution in [0.1, 0.15) is 47.2 Å². The summed E-state index contributed by atoms with van der Waals surface area (Å²) in [6.45, 7) is 6.22. The second-order valence-electron chi connectivity index (χ2n) is 6.21. The summed E-state index contributed by atoms with van der Waals surface area (Å²) in [5, 5.41) is 9.51. The number of aromatic nitrogens is 4. The van der Waals surface area contributed by atoms with Crippen molar-refractivity contribution in [2.24, 2.45) is 0 Å². The van der Waals surface area contributed by atoms with Gasteiger partial charge in [-0.25, -0.2) is 9.97 Å². The molecule has 4 rings (SSSR count). The molecule has 0 spiro atoms. The number of carbonyl (C=O) groups is 1. The maximum Gasteiger partial charge on any atom is 0.259 e. The van der Waals surface area contributed by atoms with E-state index in [0.717, 1.165) is 16.3 Å². The molecular formula is C17H17N5O2S. The minimum absolute atomic E-state index is 0.182. The summed E-state index contributed by atoms with van der Waals surface area (Å²) in [6, 6.07) is 1.82. The van der Waals surface area contributed by atoms with Crippen molar-refractivity contribution in [1.82, 2.24) is 24.8 Å². The van der Waals surface area contributed by atoms with Crippen LogP contribution in [0.25, 0.3) is 16.1 Å². The Balaban J connectivity index is 1.64. The number of hydrogen-bond acceptors (Lipinski definition) is 6. The van der Waals surface area contributed by atoms with Gasteiger partial charge in [-0.1, -0.05) is 19.0 Å². The van der Waals surface area contributed by atoms with Gasteiger partial charge in [0.2, 0.25) is 0 Å². The highest BCUT2D eigenvalue weighted by Gasteiger charge is 2.19. The predicted octanol–water partition coefficient (Wildman–Crippen LogP) is 3.29. The first-order chi connectivity index (χ1) is 12.0. The van der Waals surface area contributed by atoms with Crippen LogP contribution in [-0.2, 0) is 6.54 Å². The molecule has 25 heavy (non-hydrogen) atoms. The molecule has 1 N–H and O–H groups in total. The Hall–Kier alpha value is -2.74. The van der Waals surface area contributed by atoms with E-state index in [4.69, 9.17) is 4.52 Å². The summed E-state index contributed by atoms with van der Waals surface area (Å²) in [7, 11) is 0. The molecule has 1 amide bonds. The number of rotatable bonds is 4. The highest BCUT2D eigenvalue weighted by atomic mass is 32.1. The zero-order valence-electron chi connectivity index (χ0n) is 14.1. The van der Waals surface area contributed by atoms with Crippen molar-refractivity contribution in [3.8, 4) is 0 Å². The Morgan fingerprint density at radius 1 is 1.40 bits per heavy atom. The van der Waals surface area contributed by atoms with E-state index in [9.17, 15) is 4.79 Å². The van der Waals surface area contributed by atoms with Crippen LogP contribution in [0.5, 0.6) is 0 Å². The fourth-order valence-corrected chi connectivity index (χ4v) is 3.43. The Morgan fingerprint density at radius 3 is 3.00 bits per heavy atom.